The van der Waals surface area contributed by atoms with Crippen LogP contribution in [0, 0.1) is 11.3 Å². The summed E-state index contributed by atoms with van der Waals surface area (Å²) in [4.78, 5) is 0. The fourth-order valence-corrected chi connectivity index (χ4v) is 2.56. The highest BCUT2D eigenvalue weighted by Gasteiger charge is 2.24. The Kier molecular flexibility index (Phi) is 4.35. The summed E-state index contributed by atoms with van der Waals surface area (Å²) in [6, 6.07) is 8.66. The normalized spacial score (nSPS) is 19.8. The molecule has 0 amide bonds. The summed E-state index contributed by atoms with van der Waals surface area (Å²) in [5.41, 5.74) is 2.78. The molecule has 0 heterocycles. The number of hydrogen-bond acceptors (Lipinski definition) is 1. The van der Waals surface area contributed by atoms with Gasteiger partial charge in [0.25, 0.3) is 0 Å². The zero-order chi connectivity index (χ0) is 14.0. The molecule has 0 spiro atoms. The molecule has 1 saturated carbocycles. The third-order valence-corrected chi connectivity index (χ3v) is 4.95. The van der Waals surface area contributed by atoms with Crippen LogP contribution >= 0.6 is 0 Å². The molecule has 1 aromatic carbocycles. The Morgan fingerprint density at radius 1 is 1.16 bits per heavy atom. The summed E-state index contributed by atoms with van der Waals surface area (Å²) >= 11 is 0. The number of benzene rings is 1. The fraction of sp³-hybridized carbons (Fsp3) is 0.667. The molecule has 19 heavy (non-hydrogen) atoms. The van der Waals surface area contributed by atoms with Crippen LogP contribution in [0.15, 0.2) is 24.3 Å². The minimum absolute atomic E-state index is 0.257. The average Bonchev–Trinajstić information content (AvgIpc) is 2.26. The van der Waals surface area contributed by atoms with Crippen molar-refractivity contribution in [3.05, 3.63) is 35.4 Å². The van der Waals surface area contributed by atoms with Crippen molar-refractivity contribution >= 4 is 0 Å². The second-order valence-corrected chi connectivity index (χ2v) is 7.31. The monoisotopic (exact) mass is 260 g/mol. The second kappa shape index (κ2) is 5.66. The first kappa shape index (κ1) is 14.6. The van der Waals surface area contributed by atoms with Crippen LogP contribution in [0.2, 0.25) is 0 Å². The molecule has 2 rings (SSSR count). The molecule has 0 saturated heterocycles. The lowest BCUT2D eigenvalue weighted by Crippen LogP contribution is -2.19. The van der Waals surface area contributed by atoms with E-state index < -0.39 is 0 Å². The Bertz CT molecular complexity index is 395. The van der Waals surface area contributed by atoms with Crippen molar-refractivity contribution < 1.29 is 5.11 Å². The van der Waals surface area contributed by atoms with Crippen LogP contribution in [-0.4, -0.2) is 5.11 Å². The van der Waals surface area contributed by atoms with E-state index >= 15 is 0 Å². The van der Waals surface area contributed by atoms with E-state index in [1.54, 1.807) is 0 Å². The van der Waals surface area contributed by atoms with Gasteiger partial charge in [0, 0.05) is 0 Å². The number of hydrogen-bond donors (Lipinski definition) is 1. The Labute approximate surface area is 118 Å². The molecule has 0 radical (unpaired) electrons. The van der Waals surface area contributed by atoms with Crippen molar-refractivity contribution in [3.63, 3.8) is 0 Å². The van der Waals surface area contributed by atoms with Crippen LogP contribution in [0.1, 0.15) is 76.5 Å². The summed E-state index contributed by atoms with van der Waals surface area (Å²) in [6.45, 7) is 8.95. The molecule has 1 N–H and O–H groups in total. The summed E-state index contributed by atoms with van der Waals surface area (Å²) < 4.78 is 0. The number of rotatable bonds is 4. The smallest absolute Gasteiger partial charge is 0.0792 e. The van der Waals surface area contributed by atoms with Gasteiger partial charge in [-0.1, -0.05) is 58.4 Å². The van der Waals surface area contributed by atoms with Gasteiger partial charge in [-0.05, 0) is 47.6 Å². The van der Waals surface area contributed by atoms with E-state index in [1.807, 2.05) is 0 Å². The first-order valence-corrected chi connectivity index (χ1v) is 7.66. The Morgan fingerprint density at radius 2 is 1.74 bits per heavy atom. The van der Waals surface area contributed by atoms with E-state index in [-0.39, 0.29) is 11.5 Å². The lowest BCUT2D eigenvalue weighted by Gasteiger charge is -2.29. The first-order chi connectivity index (χ1) is 8.88. The van der Waals surface area contributed by atoms with Crippen LogP contribution in [0.5, 0.6) is 0 Å². The molecule has 1 aliphatic carbocycles. The second-order valence-electron chi connectivity index (χ2n) is 7.31. The van der Waals surface area contributed by atoms with E-state index in [0.717, 1.165) is 17.9 Å². The zero-order valence-corrected chi connectivity index (χ0v) is 12.8. The summed E-state index contributed by atoms with van der Waals surface area (Å²) in [5.74, 6) is 1.29. The van der Waals surface area contributed by atoms with Crippen molar-refractivity contribution in [2.24, 2.45) is 11.3 Å². The van der Waals surface area contributed by atoms with E-state index in [2.05, 4.69) is 52.0 Å². The maximum Gasteiger partial charge on any atom is 0.0792 e. The highest BCUT2D eigenvalue weighted by molar-refractivity contribution is 5.27. The molecular formula is C18H28O. The van der Waals surface area contributed by atoms with Crippen LogP contribution in [0.25, 0.3) is 0 Å². The van der Waals surface area contributed by atoms with Crippen molar-refractivity contribution in [1.82, 2.24) is 0 Å². The van der Waals surface area contributed by atoms with Gasteiger partial charge in [-0.2, -0.15) is 0 Å². The highest BCUT2D eigenvalue weighted by atomic mass is 16.3. The molecule has 0 aromatic heterocycles. The number of aliphatic hydroxyl groups excluding tert-OH is 1. The summed E-state index contributed by atoms with van der Waals surface area (Å²) in [5, 5.41) is 10.4. The van der Waals surface area contributed by atoms with Gasteiger partial charge in [-0.25, -0.2) is 0 Å². The van der Waals surface area contributed by atoms with Gasteiger partial charge in [0.2, 0.25) is 0 Å². The molecule has 1 aromatic rings. The van der Waals surface area contributed by atoms with Crippen LogP contribution in [0.3, 0.4) is 0 Å². The first-order valence-electron chi connectivity index (χ1n) is 7.66. The minimum Gasteiger partial charge on any atom is -0.388 e. The lowest BCUT2D eigenvalue weighted by molar-refractivity contribution is 0.111. The molecule has 106 valence electrons. The molecule has 1 nitrogen and oxygen atoms in total. The van der Waals surface area contributed by atoms with Gasteiger partial charge in [-0.15, -0.1) is 0 Å². The molecule has 0 aliphatic heterocycles. The molecular weight excluding hydrogens is 232 g/mol. The molecule has 2 unspecified atom stereocenters. The zero-order valence-electron chi connectivity index (χ0n) is 12.8. The van der Waals surface area contributed by atoms with Gasteiger partial charge in [0.15, 0.2) is 0 Å². The van der Waals surface area contributed by atoms with Crippen molar-refractivity contribution in [3.8, 4) is 0 Å². The minimum atomic E-state index is -0.329. The van der Waals surface area contributed by atoms with E-state index in [1.165, 1.54) is 24.8 Å². The highest BCUT2D eigenvalue weighted by Crippen LogP contribution is 2.37. The topological polar surface area (TPSA) is 20.2 Å². The molecule has 2 atom stereocenters. The van der Waals surface area contributed by atoms with Crippen LogP contribution < -0.4 is 0 Å². The van der Waals surface area contributed by atoms with Crippen LogP contribution in [-0.2, 0) is 0 Å². The van der Waals surface area contributed by atoms with E-state index in [0.29, 0.717) is 5.92 Å². The van der Waals surface area contributed by atoms with E-state index in [9.17, 15) is 5.11 Å². The van der Waals surface area contributed by atoms with Gasteiger partial charge < -0.3 is 5.11 Å². The molecule has 1 aliphatic rings. The average molecular weight is 260 g/mol. The van der Waals surface area contributed by atoms with Gasteiger partial charge in [0.05, 0.1) is 6.10 Å². The molecule has 0 bridgehead atoms. The van der Waals surface area contributed by atoms with Gasteiger partial charge >= 0.3 is 0 Å². The van der Waals surface area contributed by atoms with Crippen molar-refractivity contribution in [2.75, 3.05) is 0 Å². The molecule has 1 heteroatoms. The Hall–Kier alpha value is -0.820. The third-order valence-electron chi connectivity index (χ3n) is 4.95. The fourth-order valence-electron chi connectivity index (χ4n) is 2.56. The number of aliphatic hydroxyl groups is 1. The predicted molar refractivity (Wildman–Crippen MR) is 81.2 cm³/mol. The lowest BCUT2D eigenvalue weighted by atomic mass is 9.77. The van der Waals surface area contributed by atoms with E-state index in [4.69, 9.17) is 0 Å². The van der Waals surface area contributed by atoms with Gasteiger partial charge in [-0.3, -0.25) is 0 Å². The standard InChI is InChI=1S/C18H28O/c1-13(18(2,3)4)12-17(19)16-10-8-15(9-11-16)14-6-5-7-14/h8-11,13-14,17,19H,5-7,12H2,1-4H3. The van der Waals surface area contributed by atoms with Gasteiger partial charge in [0.1, 0.15) is 0 Å². The van der Waals surface area contributed by atoms with Crippen molar-refractivity contribution in [2.45, 2.75) is 65.4 Å². The van der Waals surface area contributed by atoms with Crippen molar-refractivity contribution in [1.29, 1.82) is 0 Å². The summed E-state index contributed by atoms with van der Waals surface area (Å²) in [7, 11) is 0. The predicted octanol–water partition coefficient (Wildman–Crippen LogP) is 5.06. The maximum absolute atomic E-state index is 10.4. The third kappa shape index (κ3) is 3.60. The Morgan fingerprint density at radius 3 is 2.16 bits per heavy atom. The van der Waals surface area contributed by atoms with Crippen LogP contribution in [0.4, 0.5) is 0 Å². The SMILES string of the molecule is CC(CC(O)c1ccc(C2CCC2)cc1)C(C)(C)C. The molecule has 1 fully saturated rings. The largest absolute Gasteiger partial charge is 0.388 e. The Balaban J connectivity index is 1.97. The summed E-state index contributed by atoms with van der Waals surface area (Å²) in [6.07, 6.45) is 4.56. The quantitative estimate of drug-likeness (QED) is 0.802. The maximum atomic E-state index is 10.4.